The zero-order valence-electron chi connectivity index (χ0n) is 17.1. The van der Waals surface area contributed by atoms with Gasteiger partial charge >= 0.3 is 0 Å². The van der Waals surface area contributed by atoms with E-state index in [0.717, 1.165) is 45.5 Å². The first-order chi connectivity index (χ1) is 15.1. The Bertz CT molecular complexity index is 1380. The van der Waals surface area contributed by atoms with Crippen molar-refractivity contribution in [2.75, 3.05) is 6.54 Å². The molecule has 154 valence electrons. The van der Waals surface area contributed by atoms with Crippen LogP contribution in [0.15, 0.2) is 48.9 Å². The average molecular weight is 411 g/mol. The van der Waals surface area contributed by atoms with Crippen molar-refractivity contribution in [1.29, 1.82) is 0 Å². The van der Waals surface area contributed by atoms with E-state index in [0.29, 0.717) is 25.2 Å². The number of nitrogens with zero attached hydrogens (tertiary/aromatic N) is 3. The number of H-pyrrole nitrogens is 1. The average Bonchev–Trinajstić information content (AvgIpc) is 3.47. The number of aromatic nitrogens is 3. The van der Waals surface area contributed by atoms with Crippen LogP contribution in [0.1, 0.15) is 37.5 Å². The SMILES string of the molecule is Cc1cc2n(c1)CCN(C(=O)c1cnc3[nH]cc(-c4ccc5c(c4)CNC5=O)c3c1)C2. The number of fused-ring (bicyclic) bond motifs is 3. The van der Waals surface area contributed by atoms with E-state index in [1.165, 1.54) is 5.56 Å². The number of pyridine rings is 1. The summed E-state index contributed by atoms with van der Waals surface area (Å²) in [5.74, 6) is -0.0340. The van der Waals surface area contributed by atoms with Crippen LogP contribution in [0.3, 0.4) is 0 Å². The monoisotopic (exact) mass is 411 g/mol. The van der Waals surface area contributed by atoms with Crippen LogP contribution in [0.5, 0.6) is 0 Å². The fourth-order valence-electron chi connectivity index (χ4n) is 4.67. The molecule has 6 rings (SSSR count). The molecule has 4 aromatic rings. The summed E-state index contributed by atoms with van der Waals surface area (Å²) in [7, 11) is 0. The van der Waals surface area contributed by atoms with Crippen LogP contribution in [0.25, 0.3) is 22.2 Å². The molecule has 0 atom stereocenters. The predicted octanol–water partition coefficient (Wildman–Crippen LogP) is 3.24. The number of rotatable bonds is 2. The minimum Gasteiger partial charge on any atom is -0.348 e. The number of hydrogen-bond donors (Lipinski definition) is 2. The topological polar surface area (TPSA) is 83.0 Å². The largest absolute Gasteiger partial charge is 0.348 e. The first-order valence-electron chi connectivity index (χ1n) is 10.4. The molecule has 7 nitrogen and oxygen atoms in total. The van der Waals surface area contributed by atoms with Crippen molar-refractivity contribution in [2.45, 2.75) is 26.6 Å². The van der Waals surface area contributed by atoms with Crippen LogP contribution in [-0.4, -0.2) is 37.8 Å². The van der Waals surface area contributed by atoms with E-state index in [2.05, 4.69) is 39.0 Å². The molecule has 31 heavy (non-hydrogen) atoms. The van der Waals surface area contributed by atoms with Gasteiger partial charge in [-0.3, -0.25) is 9.59 Å². The lowest BCUT2D eigenvalue weighted by molar-refractivity contribution is 0.0711. The Labute approximate surface area is 178 Å². The van der Waals surface area contributed by atoms with E-state index in [1.54, 1.807) is 6.20 Å². The van der Waals surface area contributed by atoms with Crippen molar-refractivity contribution in [3.63, 3.8) is 0 Å². The molecule has 0 aliphatic carbocycles. The minimum absolute atomic E-state index is 0.00426. The number of aromatic amines is 1. The van der Waals surface area contributed by atoms with Gasteiger partial charge in [-0.2, -0.15) is 0 Å². The third kappa shape index (κ3) is 2.84. The Morgan fingerprint density at radius 1 is 1.13 bits per heavy atom. The molecule has 3 aromatic heterocycles. The Balaban J connectivity index is 1.35. The smallest absolute Gasteiger partial charge is 0.255 e. The van der Waals surface area contributed by atoms with Gasteiger partial charge in [0.1, 0.15) is 5.65 Å². The second-order valence-electron chi connectivity index (χ2n) is 8.31. The van der Waals surface area contributed by atoms with E-state index >= 15 is 0 Å². The highest BCUT2D eigenvalue weighted by Gasteiger charge is 2.24. The van der Waals surface area contributed by atoms with E-state index in [1.807, 2.05) is 35.4 Å². The molecule has 2 aliphatic heterocycles. The zero-order valence-corrected chi connectivity index (χ0v) is 17.1. The summed E-state index contributed by atoms with van der Waals surface area (Å²) < 4.78 is 2.22. The number of carbonyl (C=O) groups excluding carboxylic acids is 2. The van der Waals surface area contributed by atoms with Gasteiger partial charge in [-0.05, 0) is 47.9 Å². The molecule has 0 saturated carbocycles. The Morgan fingerprint density at radius 3 is 2.94 bits per heavy atom. The number of hydrogen-bond acceptors (Lipinski definition) is 3. The standard InChI is InChI=1S/C24H21N5O2/c1-14-6-18-13-29(5-4-28(18)12-14)24(31)17-8-20-21(11-26-22(20)25-10-17)15-2-3-19-16(7-15)9-27-23(19)30/h2-3,6-8,10-12H,4-5,9,13H2,1H3,(H,25,26)(H,27,30). The lowest BCUT2D eigenvalue weighted by Crippen LogP contribution is -2.37. The highest BCUT2D eigenvalue weighted by atomic mass is 16.2. The molecule has 7 heteroatoms. The lowest BCUT2D eigenvalue weighted by Gasteiger charge is -2.28. The second kappa shape index (κ2) is 6.57. The van der Waals surface area contributed by atoms with Gasteiger partial charge in [-0.25, -0.2) is 4.98 Å². The van der Waals surface area contributed by atoms with Crippen LogP contribution < -0.4 is 5.32 Å². The summed E-state index contributed by atoms with van der Waals surface area (Å²) in [6, 6.07) is 9.90. The summed E-state index contributed by atoms with van der Waals surface area (Å²) in [4.78, 5) is 34.7. The van der Waals surface area contributed by atoms with Gasteiger partial charge in [-0.1, -0.05) is 6.07 Å². The number of carbonyl (C=O) groups is 2. The van der Waals surface area contributed by atoms with Crippen LogP contribution in [0.4, 0.5) is 0 Å². The highest BCUT2D eigenvalue weighted by Crippen LogP contribution is 2.31. The minimum atomic E-state index is -0.0297. The summed E-state index contributed by atoms with van der Waals surface area (Å²) in [5.41, 5.74) is 7.39. The number of aryl methyl sites for hydroxylation is 1. The van der Waals surface area contributed by atoms with Gasteiger partial charge in [0.25, 0.3) is 11.8 Å². The molecule has 1 aromatic carbocycles. The molecule has 5 heterocycles. The van der Waals surface area contributed by atoms with Crippen molar-refractivity contribution in [3.8, 4) is 11.1 Å². The lowest BCUT2D eigenvalue weighted by atomic mass is 10.00. The summed E-state index contributed by atoms with van der Waals surface area (Å²) in [6.07, 6.45) is 5.69. The van der Waals surface area contributed by atoms with Gasteiger partial charge in [0.2, 0.25) is 0 Å². The molecule has 0 unspecified atom stereocenters. The van der Waals surface area contributed by atoms with Crippen LogP contribution in [0.2, 0.25) is 0 Å². The van der Waals surface area contributed by atoms with Crippen LogP contribution in [-0.2, 0) is 19.6 Å². The highest BCUT2D eigenvalue weighted by molar-refractivity contribution is 6.02. The number of nitrogens with one attached hydrogen (secondary N) is 2. The predicted molar refractivity (Wildman–Crippen MR) is 117 cm³/mol. The molecule has 2 amide bonds. The van der Waals surface area contributed by atoms with Crippen molar-refractivity contribution in [1.82, 2.24) is 24.8 Å². The molecular weight excluding hydrogens is 390 g/mol. The maximum Gasteiger partial charge on any atom is 0.255 e. The third-order valence-corrected chi connectivity index (χ3v) is 6.25. The van der Waals surface area contributed by atoms with Gasteiger partial charge in [-0.15, -0.1) is 0 Å². The summed E-state index contributed by atoms with van der Waals surface area (Å²) >= 11 is 0. The summed E-state index contributed by atoms with van der Waals surface area (Å²) in [5, 5.41) is 3.75. The van der Waals surface area contributed by atoms with E-state index in [-0.39, 0.29) is 11.8 Å². The molecule has 0 bridgehead atoms. The molecule has 0 spiro atoms. The Morgan fingerprint density at radius 2 is 2.03 bits per heavy atom. The second-order valence-corrected chi connectivity index (χ2v) is 8.31. The molecule has 0 fully saturated rings. The zero-order chi connectivity index (χ0) is 21.1. The maximum absolute atomic E-state index is 13.2. The number of benzene rings is 1. The van der Waals surface area contributed by atoms with Crippen molar-refractivity contribution in [2.24, 2.45) is 0 Å². The third-order valence-electron chi connectivity index (χ3n) is 6.25. The fraction of sp³-hybridized carbons (Fsp3) is 0.208. The van der Waals surface area contributed by atoms with Crippen molar-refractivity contribution < 1.29 is 9.59 Å². The van der Waals surface area contributed by atoms with E-state index in [4.69, 9.17) is 0 Å². The van der Waals surface area contributed by atoms with Crippen molar-refractivity contribution in [3.05, 3.63) is 76.9 Å². The van der Waals surface area contributed by atoms with Crippen LogP contribution >= 0.6 is 0 Å². The van der Waals surface area contributed by atoms with Crippen LogP contribution in [0, 0.1) is 6.92 Å². The van der Waals surface area contributed by atoms with E-state index in [9.17, 15) is 9.59 Å². The first-order valence-corrected chi connectivity index (χ1v) is 10.4. The number of amides is 2. The normalized spacial score (nSPS) is 15.1. The fourth-order valence-corrected chi connectivity index (χ4v) is 4.67. The van der Waals surface area contributed by atoms with Gasteiger partial charge in [0.15, 0.2) is 0 Å². The maximum atomic E-state index is 13.2. The van der Waals surface area contributed by atoms with E-state index < -0.39 is 0 Å². The van der Waals surface area contributed by atoms with Gasteiger partial charge in [0.05, 0.1) is 12.1 Å². The molecule has 0 radical (unpaired) electrons. The molecule has 0 saturated heterocycles. The van der Waals surface area contributed by atoms with Crippen molar-refractivity contribution >= 4 is 22.8 Å². The summed E-state index contributed by atoms with van der Waals surface area (Å²) in [6.45, 7) is 4.72. The van der Waals surface area contributed by atoms with Gasteiger partial charge < -0.3 is 19.8 Å². The Kier molecular flexibility index (Phi) is 3.80. The molecule has 2 N–H and O–H groups in total. The Hall–Kier alpha value is -3.87. The molecule has 2 aliphatic rings. The van der Waals surface area contributed by atoms with Gasteiger partial charge in [0, 0.05) is 60.4 Å². The quantitative estimate of drug-likeness (QED) is 0.531. The molecular formula is C24H21N5O2. The first kappa shape index (κ1) is 17.9.